The number of hydrogen-bond donors (Lipinski definition) is 4. The van der Waals surface area contributed by atoms with Crippen molar-refractivity contribution in [2.45, 2.75) is 58.2 Å². The fourth-order valence-corrected chi connectivity index (χ4v) is 5.10. The Morgan fingerprint density at radius 2 is 1.72 bits per heavy atom. The molecular weight excluding hydrogens is 537 g/mol. The molecule has 2 amide bonds. The number of aryl methyl sites for hydroxylation is 2. The minimum absolute atomic E-state index is 0. The summed E-state index contributed by atoms with van der Waals surface area (Å²) in [6.07, 6.45) is 1.39. The standard InChI is InChI=1S/C28H35N7O2.2ClH/c1-17-14-18(2)35(33-17)24-10-8-21(9-11-24)23-12-13-34(25(15-23)27(31)36)19(3)28(37)32-16-20-4-6-22(7-5-20)26(29)30;;/h4-11,14,19,23,25H,12-13,15-16H2,1-3H3,(H3,29,30)(H2,31,36)(H,32,37);2*1H/t19-,23?,25?;;/m0../s1. The number of carbonyl (C=O) groups is 2. The van der Waals surface area contributed by atoms with E-state index in [1.165, 1.54) is 0 Å². The van der Waals surface area contributed by atoms with E-state index in [9.17, 15) is 9.59 Å². The number of amides is 2. The molecule has 11 heteroatoms. The Morgan fingerprint density at radius 1 is 1.08 bits per heavy atom. The topological polar surface area (TPSA) is 143 Å². The van der Waals surface area contributed by atoms with Gasteiger partial charge in [-0.2, -0.15) is 5.10 Å². The minimum atomic E-state index is -0.523. The van der Waals surface area contributed by atoms with Crippen molar-refractivity contribution in [2.24, 2.45) is 11.5 Å². The molecular formula is C28H37Cl2N7O2. The number of nitrogen functional groups attached to an aromatic ring is 1. The molecule has 1 aliphatic rings. The molecule has 0 bridgehead atoms. The molecule has 9 nitrogen and oxygen atoms in total. The number of carbonyl (C=O) groups excluding carboxylic acids is 2. The molecule has 1 aromatic heterocycles. The number of hydrogen-bond acceptors (Lipinski definition) is 5. The summed E-state index contributed by atoms with van der Waals surface area (Å²) >= 11 is 0. The van der Waals surface area contributed by atoms with Gasteiger partial charge in [0.15, 0.2) is 0 Å². The van der Waals surface area contributed by atoms with Gasteiger partial charge in [0.2, 0.25) is 11.8 Å². The molecule has 4 rings (SSSR count). The van der Waals surface area contributed by atoms with Crippen LogP contribution in [0.5, 0.6) is 0 Å². The van der Waals surface area contributed by atoms with Crippen molar-refractivity contribution in [2.75, 3.05) is 6.54 Å². The van der Waals surface area contributed by atoms with Gasteiger partial charge in [-0.1, -0.05) is 36.4 Å². The van der Waals surface area contributed by atoms with Gasteiger partial charge in [0.25, 0.3) is 0 Å². The summed E-state index contributed by atoms with van der Waals surface area (Å²) in [5.74, 6) is -0.388. The molecule has 2 aromatic carbocycles. The van der Waals surface area contributed by atoms with E-state index in [-0.39, 0.29) is 42.5 Å². The summed E-state index contributed by atoms with van der Waals surface area (Å²) in [5, 5.41) is 15.0. The lowest BCUT2D eigenvalue weighted by atomic mass is 9.84. The highest BCUT2D eigenvalue weighted by Gasteiger charge is 2.37. The van der Waals surface area contributed by atoms with Gasteiger partial charge in [0.1, 0.15) is 5.84 Å². The Hall–Kier alpha value is -3.40. The molecule has 2 heterocycles. The van der Waals surface area contributed by atoms with E-state index < -0.39 is 18.0 Å². The van der Waals surface area contributed by atoms with E-state index in [1.807, 2.05) is 48.6 Å². The van der Waals surface area contributed by atoms with Crippen molar-refractivity contribution in [3.63, 3.8) is 0 Å². The van der Waals surface area contributed by atoms with Gasteiger partial charge < -0.3 is 16.8 Å². The number of aromatic nitrogens is 2. The molecule has 210 valence electrons. The lowest BCUT2D eigenvalue weighted by Crippen LogP contribution is -2.56. The highest BCUT2D eigenvalue weighted by Crippen LogP contribution is 2.33. The SMILES string of the molecule is Cc1cc(C)n(-c2ccc(C3CCN([C@@H](C)C(=O)NCc4ccc(C(=N)N)cc4)C(C(N)=O)C3)cc2)n1.Cl.Cl. The molecule has 3 atom stereocenters. The number of rotatable bonds is 8. The Morgan fingerprint density at radius 3 is 2.26 bits per heavy atom. The Bertz CT molecular complexity index is 1290. The first-order valence-electron chi connectivity index (χ1n) is 12.5. The zero-order valence-corrected chi connectivity index (χ0v) is 24.0. The third-order valence-corrected chi connectivity index (χ3v) is 7.20. The van der Waals surface area contributed by atoms with Crippen LogP contribution in [0.1, 0.15) is 53.8 Å². The molecule has 6 N–H and O–H groups in total. The maximum atomic E-state index is 12.9. The van der Waals surface area contributed by atoms with Crippen LogP contribution in [-0.2, 0) is 16.1 Å². The van der Waals surface area contributed by atoms with Crippen molar-refractivity contribution in [1.29, 1.82) is 5.41 Å². The largest absolute Gasteiger partial charge is 0.384 e. The number of nitrogens with two attached hydrogens (primary N) is 2. The normalized spacial score (nSPS) is 17.8. The van der Waals surface area contributed by atoms with E-state index >= 15 is 0 Å². The molecule has 2 unspecified atom stereocenters. The van der Waals surface area contributed by atoms with Gasteiger partial charge in [-0.3, -0.25) is 19.9 Å². The van der Waals surface area contributed by atoms with E-state index in [0.717, 1.165) is 34.6 Å². The van der Waals surface area contributed by atoms with Gasteiger partial charge in [-0.05, 0) is 68.9 Å². The molecule has 1 aliphatic heterocycles. The summed E-state index contributed by atoms with van der Waals surface area (Å²) in [6.45, 7) is 6.76. The molecule has 0 aliphatic carbocycles. The van der Waals surface area contributed by atoms with Crippen LogP contribution in [0.3, 0.4) is 0 Å². The monoisotopic (exact) mass is 573 g/mol. The second-order valence-corrected chi connectivity index (χ2v) is 9.81. The van der Waals surface area contributed by atoms with Crippen LogP contribution in [0.4, 0.5) is 0 Å². The molecule has 0 saturated carbocycles. The predicted octanol–water partition coefficient (Wildman–Crippen LogP) is 3.36. The average molecular weight is 575 g/mol. The van der Waals surface area contributed by atoms with E-state index in [0.29, 0.717) is 25.1 Å². The summed E-state index contributed by atoms with van der Waals surface area (Å²) in [5.41, 5.74) is 17.0. The summed E-state index contributed by atoms with van der Waals surface area (Å²) < 4.78 is 1.92. The predicted molar refractivity (Wildman–Crippen MR) is 158 cm³/mol. The summed E-state index contributed by atoms with van der Waals surface area (Å²) in [4.78, 5) is 27.3. The highest BCUT2D eigenvalue weighted by atomic mass is 35.5. The van der Waals surface area contributed by atoms with E-state index in [4.69, 9.17) is 16.9 Å². The molecule has 0 radical (unpaired) electrons. The summed E-state index contributed by atoms with van der Waals surface area (Å²) in [7, 11) is 0. The third-order valence-electron chi connectivity index (χ3n) is 7.20. The van der Waals surface area contributed by atoms with Crippen LogP contribution in [0.15, 0.2) is 54.6 Å². The zero-order valence-electron chi connectivity index (χ0n) is 22.4. The van der Waals surface area contributed by atoms with Crippen molar-refractivity contribution in [3.05, 3.63) is 82.7 Å². The Kier molecular flexibility index (Phi) is 11.1. The van der Waals surface area contributed by atoms with Crippen LogP contribution in [0.25, 0.3) is 5.69 Å². The lowest BCUT2D eigenvalue weighted by molar-refractivity contribution is -0.132. The minimum Gasteiger partial charge on any atom is -0.384 e. The number of nitrogens with one attached hydrogen (secondary N) is 2. The molecule has 1 saturated heterocycles. The first-order valence-corrected chi connectivity index (χ1v) is 12.5. The summed E-state index contributed by atoms with van der Waals surface area (Å²) in [6, 6.07) is 16.5. The van der Waals surface area contributed by atoms with Crippen LogP contribution in [0, 0.1) is 19.3 Å². The number of amidine groups is 1. The van der Waals surface area contributed by atoms with Crippen molar-refractivity contribution >= 4 is 42.5 Å². The number of primary amides is 1. The van der Waals surface area contributed by atoms with Gasteiger partial charge in [-0.15, -0.1) is 24.8 Å². The number of nitrogens with zero attached hydrogens (tertiary/aromatic N) is 3. The molecule has 0 spiro atoms. The number of halogens is 2. The third kappa shape index (κ3) is 7.38. The van der Waals surface area contributed by atoms with Gasteiger partial charge in [-0.25, -0.2) is 4.68 Å². The Balaban J connectivity index is 0.00000267. The van der Waals surface area contributed by atoms with Crippen LogP contribution >= 0.6 is 24.8 Å². The fourth-order valence-electron chi connectivity index (χ4n) is 5.10. The lowest BCUT2D eigenvalue weighted by Gasteiger charge is -2.40. The molecule has 1 fully saturated rings. The number of piperidine rings is 1. The van der Waals surface area contributed by atoms with Crippen molar-refractivity contribution in [3.8, 4) is 5.69 Å². The van der Waals surface area contributed by atoms with Crippen molar-refractivity contribution < 1.29 is 9.59 Å². The maximum Gasteiger partial charge on any atom is 0.237 e. The van der Waals surface area contributed by atoms with Gasteiger partial charge in [0.05, 0.1) is 23.5 Å². The van der Waals surface area contributed by atoms with Crippen molar-refractivity contribution in [1.82, 2.24) is 20.0 Å². The first kappa shape index (κ1) is 31.8. The average Bonchev–Trinajstić information content (AvgIpc) is 3.24. The second kappa shape index (κ2) is 13.6. The van der Waals surface area contributed by atoms with Gasteiger partial charge >= 0.3 is 0 Å². The zero-order chi connectivity index (χ0) is 26.7. The fraction of sp³-hybridized carbons (Fsp3) is 0.357. The molecule has 39 heavy (non-hydrogen) atoms. The van der Waals surface area contributed by atoms with Gasteiger partial charge in [0, 0.05) is 24.3 Å². The number of benzene rings is 2. The van der Waals surface area contributed by atoms with Crippen LogP contribution in [-0.4, -0.2) is 51.0 Å². The Labute approximate surface area is 241 Å². The smallest absolute Gasteiger partial charge is 0.237 e. The van der Waals surface area contributed by atoms with E-state index in [2.05, 4.69) is 34.7 Å². The molecule has 3 aromatic rings. The maximum absolute atomic E-state index is 12.9. The quantitative estimate of drug-likeness (QED) is 0.241. The van der Waals surface area contributed by atoms with Crippen LogP contribution in [0.2, 0.25) is 0 Å². The highest BCUT2D eigenvalue weighted by molar-refractivity contribution is 5.94. The second-order valence-electron chi connectivity index (χ2n) is 9.81. The number of likely N-dealkylation sites (tertiary alicyclic amines) is 1. The van der Waals surface area contributed by atoms with Crippen LogP contribution < -0.4 is 16.8 Å². The van der Waals surface area contributed by atoms with E-state index in [1.54, 1.807) is 12.1 Å². The first-order chi connectivity index (χ1) is 17.6.